The molecule has 1 amide bonds. The molecular formula is C10H12N2O3. The number of phenols is 2. The largest absolute Gasteiger partial charge is 0.504 e. The predicted octanol–water partition coefficient (Wildman–Crippen LogP) is -0.0748. The number of nitrogens with two attached hydrogens (primary N) is 2. The van der Waals surface area contributed by atoms with E-state index in [-0.39, 0.29) is 23.6 Å². The first-order valence-corrected chi connectivity index (χ1v) is 4.27. The van der Waals surface area contributed by atoms with Gasteiger partial charge in [0.15, 0.2) is 11.5 Å². The molecule has 5 heteroatoms. The summed E-state index contributed by atoms with van der Waals surface area (Å²) in [7, 11) is 0. The highest BCUT2D eigenvalue weighted by Crippen LogP contribution is 2.25. The number of amides is 1. The van der Waals surface area contributed by atoms with Crippen LogP contribution in [0.25, 0.3) is 6.08 Å². The molecule has 1 aromatic rings. The number of rotatable bonds is 3. The zero-order chi connectivity index (χ0) is 11.4. The Morgan fingerprint density at radius 1 is 1.33 bits per heavy atom. The minimum Gasteiger partial charge on any atom is -0.504 e. The van der Waals surface area contributed by atoms with Crippen molar-refractivity contribution in [3.05, 3.63) is 29.3 Å². The van der Waals surface area contributed by atoms with Crippen molar-refractivity contribution in [2.24, 2.45) is 11.5 Å². The topological polar surface area (TPSA) is 110 Å². The van der Waals surface area contributed by atoms with Crippen LogP contribution in [-0.4, -0.2) is 22.7 Å². The lowest BCUT2D eigenvalue weighted by molar-refractivity contribution is -0.114. The molecule has 15 heavy (non-hydrogen) atoms. The van der Waals surface area contributed by atoms with Crippen LogP contribution in [0.1, 0.15) is 5.56 Å². The molecule has 5 nitrogen and oxygen atoms in total. The standard InChI is InChI=1S/C10H12N2O3/c11-5-7(10(12)15)3-6-1-2-8(13)9(14)4-6/h1-4,13-14H,5,11H2,(H2,12,15)/b7-3+. The predicted molar refractivity (Wildman–Crippen MR) is 56.0 cm³/mol. The fourth-order valence-electron chi connectivity index (χ4n) is 1.06. The van der Waals surface area contributed by atoms with Gasteiger partial charge in [0, 0.05) is 12.1 Å². The van der Waals surface area contributed by atoms with Crippen LogP contribution in [0.15, 0.2) is 23.8 Å². The molecule has 6 N–H and O–H groups in total. The number of carbonyl (C=O) groups is 1. The van der Waals surface area contributed by atoms with E-state index in [1.165, 1.54) is 24.3 Å². The minimum atomic E-state index is -0.606. The monoisotopic (exact) mass is 208 g/mol. The van der Waals surface area contributed by atoms with Gasteiger partial charge in [0.25, 0.3) is 0 Å². The smallest absolute Gasteiger partial charge is 0.245 e. The van der Waals surface area contributed by atoms with E-state index >= 15 is 0 Å². The fourth-order valence-corrected chi connectivity index (χ4v) is 1.06. The van der Waals surface area contributed by atoms with E-state index < -0.39 is 5.91 Å². The van der Waals surface area contributed by atoms with Gasteiger partial charge >= 0.3 is 0 Å². The Labute approximate surface area is 86.6 Å². The average molecular weight is 208 g/mol. The molecule has 1 rings (SSSR count). The molecule has 0 atom stereocenters. The Kier molecular flexibility index (Phi) is 3.30. The third kappa shape index (κ3) is 2.72. The molecule has 80 valence electrons. The zero-order valence-electron chi connectivity index (χ0n) is 7.97. The van der Waals surface area contributed by atoms with Crippen molar-refractivity contribution in [1.82, 2.24) is 0 Å². The molecular weight excluding hydrogens is 196 g/mol. The summed E-state index contributed by atoms with van der Waals surface area (Å²) in [5.41, 5.74) is 11.2. The van der Waals surface area contributed by atoms with E-state index in [1.807, 2.05) is 0 Å². The molecule has 0 fully saturated rings. The third-order valence-corrected chi connectivity index (χ3v) is 1.88. The zero-order valence-corrected chi connectivity index (χ0v) is 7.97. The highest BCUT2D eigenvalue weighted by Gasteiger charge is 2.04. The van der Waals surface area contributed by atoms with E-state index in [0.717, 1.165) is 0 Å². The summed E-state index contributed by atoms with van der Waals surface area (Å²) in [6.45, 7) is 0.0248. The Morgan fingerprint density at radius 2 is 2.00 bits per heavy atom. The van der Waals surface area contributed by atoms with Crippen molar-refractivity contribution >= 4 is 12.0 Å². The second-order valence-corrected chi connectivity index (χ2v) is 2.99. The maximum absolute atomic E-state index is 10.8. The first kappa shape index (κ1) is 11.1. The van der Waals surface area contributed by atoms with E-state index in [2.05, 4.69) is 0 Å². The lowest BCUT2D eigenvalue weighted by atomic mass is 10.1. The van der Waals surface area contributed by atoms with Crippen molar-refractivity contribution < 1.29 is 15.0 Å². The number of carbonyl (C=O) groups excluding carboxylic acids is 1. The van der Waals surface area contributed by atoms with Crippen molar-refractivity contribution in [2.45, 2.75) is 0 Å². The Hall–Kier alpha value is -2.01. The SMILES string of the molecule is NC/C(=C\c1ccc(O)c(O)c1)C(N)=O. The molecule has 0 aliphatic rings. The van der Waals surface area contributed by atoms with Crippen LogP contribution in [0, 0.1) is 0 Å². The third-order valence-electron chi connectivity index (χ3n) is 1.88. The molecule has 0 unspecified atom stereocenters. The molecule has 1 aromatic carbocycles. The Morgan fingerprint density at radius 3 is 2.47 bits per heavy atom. The van der Waals surface area contributed by atoms with Gasteiger partial charge in [-0.05, 0) is 23.8 Å². The van der Waals surface area contributed by atoms with Gasteiger partial charge in [-0.15, -0.1) is 0 Å². The molecule has 0 heterocycles. The molecule has 0 saturated carbocycles. The van der Waals surface area contributed by atoms with Gasteiger partial charge in [-0.1, -0.05) is 6.07 Å². The highest BCUT2D eigenvalue weighted by molar-refractivity contribution is 5.97. The number of hydrogen-bond donors (Lipinski definition) is 4. The van der Waals surface area contributed by atoms with Crippen molar-refractivity contribution in [3.63, 3.8) is 0 Å². The number of primary amides is 1. The van der Waals surface area contributed by atoms with Crippen molar-refractivity contribution in [1.29, 1.82) is 0 Å². The minimum absolute atomic E-state index is 0.0248. The van der Waals surface area contributed by atoms with Gasteiger partial charge in [-0.2, -0.15) is 0 Å². The summed E-state index contributed by atoms with van der Waals surface area (Å²) in [6, 6.07) is 4.16. The summed E-state index contributed by atoms with van der Waals surface area (Å²) >= 11 is 0. The van der Waals surface area contributed by atoms with Crippen LogP contribution in [-0.2, 0) is 4.79 Å². The summed E-state index contributed by atoms with van der Waals surface area (Å²) in [5, 5.41) is 18.3. The fraction of sp³-hybridized carbons (Fsp3) is 0.100. The quantitative estimate of drug-likeness (QED) is 0.411. The molecule has 0 bridgehead atoms. The van der Waals surface area contributed by atoms with Gasteiger partial charge in [-0.25, -0.2) is 0 Å². The second kappa shape index (κ2) is 4.47. The lowest BCUT2D eigenvalue weighted by Crippen LogP contribution is -2.20. The molecule has 0 saturated heterocycles. The Balaban J connectivity index is 3.07. The van der Waals surface area contributed by atoms with Crippen LogP contribution in [0.5, 0.6) is 11.5 Å². The van der Waals surface area contributed by atoms with Gasteiger partial charge < -0.3 is 21.7 Å². The second-order valence-electron chi connectivity index (χ2n) is 2.99. The van der Waals surface area contributed by atoms with Crippen molar-refractivity contribution in [2.75, 3.05) is 6.54 Å². The highest BCUT2D eigenvalue weighted by atomic mass is 16.3. The summed E-state index contributed by atoms with van der Waals surface area (Å²) in [4.78, 5) is 10.8. The first-order chi connectivity index (χ1) is 7.04. The summed E-state index contributed by atoms with van der Waals surface area (Å²) in [5.74, 6) is -1.09. The average Bonchev–Trinajstić information content (AvgIpc) is 2.19. The number of aromatic hydroxyl groups is 2. The molecule has 0 aliphatic carbocycles. The molecule has 0 radical (unpaired) electrons. The Bertz CT molecular complexity index is 413. The number of hydrogen-bond acceptors (Lipinski definition) is 4. The molecule has 0 aliphatic heterocycles. The van der Waals surface area contributed by atoms with Crippen LogP contribution < -0.4 is 11.5 Å². The van der Waals surface area contributed by atoms with E-state index in [9.17, 15) is 9.90 Å². The summed E-state index contributed by atoms with van der Waals surface area (Å²) < 4.78 is 0. The van der Waals surface area contributed by atoms with Crippen LogP contribution >= 0.6 is 0 Å². The number of phenolic OH excluding ortho intramolecular Hbond substituents is 2. The summed E-state index contributed by atoms with van der Waals surface area (Å²) in [6.07, 6.45) is 1.46. The normalized spacial score (nSPS) is 11.4. The van der Waals surface area contributed by atoms with E-state index in [4.69, 9.17) is 16.6 Å². The van der Waals surface area contributed by atoms with E-state index in [1.54, 1.807) is 0 Å². The molecule has 0 aromatic heterocycles. The van der Waals surface area contributed by atoms with Gasteiger partial charge in [0.2, 0.25) is 5.91 Å². The van der Waals surface area contributed by atoms with E-state index in [0.29, 0.717) is 5.56 Å². The molecule has 0 spiro atoms. The number of benzene rings is 1. The van der Waals surface area contributed by atoms with Crippen molar-refractivity contribution in [3.8, 4) is 11.5 Å². The lowest BCUT2D eigenvalue weighted by Gasteiger charge is -2.01. The van der Waals surface area contributed by atoms with Crippen LogP contribution in [0.4, 0.5) is 0 Å². The van der Waals surface area contributed by atoms with Gasteiger partial charge in [0.05, 0.1) is 0 Å². The van der Waals surface area contributed by atoms with Crippen LogP contribution in [0.3, 0.4) is 0 Å². The maximum Gasteiger partial charge on any atom is 0.245 e. The van der Waals surface area contributed by atoms with Gasteiger partial charge in [-0.3, -0.25) is 4.79 Å². The first-order valence-electron chi connectivity index (χ1n) is 4.27. The maximum atomic E-state index is 10.8. The van der Waals surface area contributed by atoms with Gasteiger partial charge in [0.1, 0.15) is 0 Å². The van der Waals surface area contributed by atoms with Crippen LogP contribution in [0.2, 0.25) is 0 Å².